The number of sulfonamides is 1. The molecule has 0 radical (unpaired) electrons. The Morgan fingerprint density at radius 3 is 2.56 bits per heavy atom. The smallest absolute Gasteiger partial charge is 0.273 e. The van der Waals surface area contributed by atoms with Crippen LogP contribution in [0.15, 0.2) is 95.4 Å². The van der Waals surface area contributed by atoms with E-state index in [2.05, 4.69) is 21.8 Å². The molecule has 0 aromatic heterocycles. The first-order chi connectivity index (χ1) is 15.4. The van der Waals surface area contributed by atoms with Gasteiger partial charge in [0.05, 0.1) is 22.4 Å². The van der Waals surface area contributed by atoms with E-state index in [4.69, 9.17) is 16.3 Å². The second-order valence-electron chi connectivity index (χ2n) is 6.48. The van der Waals surface area contributed by atoms with Gasteiger partial charge in [0.1, 0.15) is 12.4 Å². The van der Waals surface area contributed by atoms with E-state index in [1.165, 1.54) is 42.6 Å². The number of rotatable bonds is 9. The molecule has 2 N–H and O–H groups in total. The van der Waals surface area contributed by atoms with Gasteiger partial charge in [0.25, 0.3) is 15.9 Å². The Balaban J connectivity index is 1.72. The summed E-state index contributed by atoms with van der Waals surface area (Å²) in [6.07, 6.45) is 3.10. The maximum atomic E-state index is 12.7. The van der Waals surface area contributed by atoms with Crippen LogP contribution in [0, 0.1) is 0 Å². The third-order valence-electron chi connectivity index (χ3n) is 4.15. The fraction of sp³-hybridized carbons (Fsp3) is 0.0435. The first-order valence-corrected chi connectivity index (χ1v) is 11.3. The van der Waals surface area contributed by atoms with Crippen LogP contribution in [-0.2, 0) is 10.0 Å². The third kappa shape index (κ3) is 6.19. The fourth-order valence-electron chi connectivity index (χ4n) is 2.65. The maximum absolute atomic E-state index is 12.7. The van der Waals surface area contributed by atoms with Crippen molar-refractivity contribution in [3.63, 3.8) is 0 Å². The van der Waals surface area contributed by atoms with Gasteiger partial charge >= 0.3 is 0 Å². The summed E-state index contributed by atoms with van der Waals surface area (Å²) < 4.78 is 33.2. The number of benzene rings is 3. The van der Waals surface area contributed by atoms with Crippen molar-refractivity contribution in [2.24, 2.45) is 5.10 Å². The molecule has 0 aliphatic carbocycles. The van der Waals surface area contributed by atoms with E-state index in [0.717, 1.165) is 0 Å². The first-order valence-electron chi connectivity index (χ1n) is 9.43. The summed E-state index contributed by atoms with van der Waals surface area (Å²) in [6, 6.07) is 19.1. The van der Waals surface area contributed by atoms with E-state index in [-0.39, 0.29) is 16.1 Å². The number of hydrazone groups is 1. The molecule has 32 heavy (non-hydrogen) atoms. The highest BCUT2D eigenvalue weighted by Crippen LogP contribution is 2.21. The van der Waals surface area contributed by atoms with Crippen molar-refractivity contribution in [2.75, 3.05) is 11.3 Å². The highest BCUT2D eigenvalue weighted by molar-refractivity contribution is 7.92. The van der Waals surface area contributed by atoms with Crippen molar-refractivity contribution in [2.45, 2.75) is 4.90 Å². The van der Waals surface area contributed by atoms with Crippen molar-refractivity contribution in [1.82, 2.24) is 5.43 Å². The minimum atomic E-state index is -3.91. The summed E-state index contributed by atoms with van der Waals surface area (Å²) >= 11 is 5.82. The molecule has 3 rings (SSSR count). The molecule has 7 nitrogen and oxygen atoms in total. The number of halogens is 1. The molecular weight excluding hydrogens is 450 g/mol. The van der Waals surface area contributed by atoms with Crippen LogP contribution < -0.4 is 14.9 Å². The zero-order valence-corrected chi connectivity index (χ0v) is 18.4. The molecule has 0 aliphatic rings. The number of ether oxygens (including phenoxy) is 1. The number of hydrogen-bond donors (Lipinski definition) is 2. The number of para-hydroxylation sites is 1. The average Bonchev–Trinajstić information content (AvgIpc) is 2.78. The van der Waals surface area contributed by atoms with Gasteiger partial charge in [0, 0.05) is 5.02 Å². The Hall–Kier alpha value is -3.62. The van der Waals surface area contributed by atoms with Gasteiger partial charge in [-0.2, -0.15) is 5.10 Å². The van der Waals surface area contributed by atoms with E-state index >= 15 is 0 Å². The molecule has 0 fully saturated rings. The topological polar surface area (TPSA) is 96.9 Å². The van der Waals surface area contributed by atoms with E-state index in [1.807, 2.05) is 0 Å². The predicted molar refractivity (Wildman–Crippen MR) is 126 cm³/mol. The second kappa shape index (κ2) is 10.6. The molecule has 0 heterocycles. The zero-order chi connectivity index (χ0) is 23.0. The average molecular weight is 470 g/mol. The van der Waals surface area contributed by atoms with Crippen molar-refractivity contribution >= 4 is 39.4 Å². The normalized spacial score (nSPS) is 11.2. The molecule has 0 saturated heterocycles. The van der Waals surface area contributed by atoms with Crippen molar-refractivity contribution in [3.8, 4) is 5.75 Å². The molecule has 3 aromatic rings. The number of amides is 1. The molecule has 0 unspecified atom stereocenters. The van der Waals surface area contributed by atoms with Crippen LogP contribution in [0.2, 0.25) is 5.02 Å². The number of nitrogens with one attached hydrogen (secondary N) is 2. The quantitative estimate of drug-likeness (QED) is 0.274. The van der Waals surface area contributed by atoms with Gasteiger partial charge in [-0.05, 0) is 54.1 Å². The van der Waals surface area contributed by atoms with Gasteiger partial charge in [0.2, 0.25) is 0 Å². The van der Waals surface area contributed by atoms with Crippen LogP contribution in [0.5, 0.6) is 5.75 Å². The van der Waals surface area contributed by atoms with Crippen LogP contribution in [0.3, 0.4) is 0 Å². The van der Waals surface area contributed by atoms with Gasteiger partial charge in [-0.15, -0.1) is 0 Å². The Morgan fingerprint density at radius 1 is 1.06 bits per heavy atom. The molecule has 9 heteroatoms. The van der Waals surface area contributed by atoms with Crippen LogP contribution in [0.1, 0.15) is 15.9 Å². The Morgan fingerprint density at radius 2 is 1.81 bits per heavy atom. The summed E-state index contributed by atoms with van der Waals surface area (Å²) in [5, 5.41) is 4.37. The number of anilines is 1. The lowest BCUT2D eigenvalue weighted by molar-refractivity contribution is 0.0956. The van der Waals surface area contributed by atoms with Crippen LogP contribution >= 0.6 is 11.6 Å². The highest BCUT2D eigenvalue weighted by Gasteiger charge is 2.18. The number of nitrogens with zero attached hydrogens (tertiary/aromatic N) is 1. The van der Waals surface area contributed by atoms with Crippen LogP contribution in [0.4, 0.5) is 5.69 Å². The van der Waals surface area contributed by atoms with Crippen LogP contribution in [0.25, 0.3) is 0 Å². The summed E-state index contributed by atoms with van der Waals surface area (Å²) in [7, 11) is -3.91. The molecule has 3 aromatic carbocycles. The number of carbonyl (C=O) groups is 1. The van der Waals surface area contributed by atoms with Gasteiger partial charge in [-0.1, -0.05) is 48.5 Å². The second-order valence-corrected chi connectivity index (χ2v) is 8.60. The van der Waals surface area contributed by atoms with E-state index in [1.54, 1.807) is 42.5 Å². The Kier molecular flexibility index (Phi) is 7.64. The molecule has 164 valence electrons. The molecule has 0 aliphatic heterocycles. The lowest BCUT2D eigenvalue weighted by Crippen LogP contribution is -2.21. The predicted octanol–water partition coefficient (Wildman–Crippen LogP) is 4.47. The van der Waals surface area contributed by atoms with E-state index in [0.29, 0.717) is 22.9 Å². The lowest BCUT2D eigenvalue weighted by atomic mass is 10.2. The molecule has 1 amide bonds. The van der Waals surface area contributed by atoms with Crippen molar-refractivity contribution in [1.29, 1.82) is 0 Å². The lowest BCUT2D eigenvalue weighted by Gasteiger charge is -2.11. The number of carbonyl (C=O) groups excluding carboxylic acids is 1. The van der Waals surface area contributed by atoms with Gasteiger partial charge < -0.3 is 4.74 Å². The summed E-state index contributed by atoms with van der Waals surface area (Å²) in [5.74, 6) is 0.0665. The van der Waals surface area contributed by atoms with E-state index in [9.17, 15) is 13.2 Å². The van der Waals surface area contributed by atoms with Crippen molar-refractivity contribution in [3.05, 3.63) is 102 Å². The SMILES string of the molecule is C=CCOc1cccc(/C=N/NC(=O)c2ccccc2NS(=O)(=O)c2ccc(Cl)cc2)c1. The molecule has 0 bridgehead atoms. The third-order valence-corrected chi connectivity index (χ3v) is 5.78. The first kappa shape index (κ1) is 23.1. The highest BCUT2D eigenvalue weighted by atomic mass is 35.5. The maximum Gasteiger partial charge on any atom is 0.273 e. The summed E-state index contributed by atoms with van der Waals surface area (Å²) in [5.41, 5.74) is 3.35. The Bertz CT molecular complexity index is 1240. The summed E-state index contributed by atoms with van der Waals surface area (Å²) in [6.45, 7) is 3.97. The van der Waals surface area contributed by atoms with Gasteiger partial charge in [0.15, 0.2) is 0 Å². The molecular formula is C23H20ClN3O4S. The van der Waals surface area contributed by atoms with E-state index < -0.39 is 15.9 Å². The Labute approximate surface area is 191 Å². The van der Waals surface area contributed by atoms with Crippen molar-refractivity contribution < 1.29 is 17.9 Å². The molecule has 0 atom stereocenters. The van der Waals surface area contributed by atoms with Gasteiger partial charge in [-0.25, -0.2) is 13.8 Å². The van der Waals surface area contributed by atoms with Gasteiger partial charge in [-0.3, -0.25) is 9.52 Å². The standard InChI is InChI=1S/C23H20ClN3O4S/c1-2-14-31-19-7-5-6-17(15-19)16-25-26-23(28)21-8-3-4-9-22(21)27-32(29,30)20-12-10-18(24)11-13-20/h2-13,15-16,27H,1,14H2,(H,26,28)/b25-16+. The minimum absolute atomic E-state index is 0.0219. The zero-order valence-electron chi connectivity index (χ0n) is 16.9. The minimum Gasteiger partial charge on any atom is -0.490 e. The molecule has 0 spiro atoms. The van der Waals surface area contributed by atoms with Crippen LogP contribution in [-0.4, -0.2) is 27.1 Å². The fourth-order valence-corrected chi connectivity index (χ4v) is 3.86. The number of hydrogen-bond acceptors (Lipinski definition) is 5. The largest absolute Gasteiger partial charge is 0.490 e. The molecule has 0 saturated carbocycles. The monoisotopic (exact) mass is 469 g/mol. The summed E-state index contributed by atoms with van der Waals surface area (Å²) in [4.78, 5) is 12.6.